The van der Waals surface area contributed by atoms with E-state index in [9.17, 15) is 14.9 Å². The van der Waals surface area contributed by atoms with Crippen LogP contribution in [0.4, 0.5) is 0 Å². The van der Waals surface area contributed by atoms with E-state index in [4.69, 9.17) is 11.6 Å². The van der Waals surface area contributed by atoms with Crippen molar-refractivity contribution in [2.75, 3.05) is 7.05 Å². The zero-order valence-electron chi connectivity index (χ0n) is 14.9. The van der Waals surface area contributed by atoms with Crippen LogP contribution in [0, 0.1) is 16.7 Å². The Morgan fingerprint density at radius 2 is 2.12 bits per heavy atom. The minimum Gasteiger partial charge on any atom is -0.330 e. The highest BCUT2D eigenvalue weighted by atomic mass is 35.5. The van der Waals surface area contributed by atoms with Crippen molar-refractivity contribution in [3.63, 3.8) is 0 Å². The highest BCUT2D eigenvalue weighted by molar-refractivity contribution is 6.30. The summed E-state index contributed by atoms with van der Waals surface area (Å²) in [6, 6.07) is 5.22. The van der Waals surface area contributed by atoms with Gasteiger partial charge in [0.2, 0.25) is 5.82 Å². The maximum atomic E-state index is 12.9. The molecule has 0 radical (unpaired) electrons. The number of nitrogens with zero attached hydrogens (tertiary/aromatic N) is 5. The van der Waals surface area contributed by atoms with Gasteiger partial charge in [-0.2, -0.15) is 5.26 Å². The molecule has 1 aliphatic carbocycles. The van der Waals surface area contributed by atoms with Crippen molar-refractivity contribution in [2.24, 2.45) is 5.41 Å². The molecule has 0 fully saturated rings. The first-order valence-electron chi connectivity index (χ1n) is 8.05. The predicted molar refractivity (Wildman–Crippen MR) is 95.6 cm³/mol. The van der Waals surface area contributed by atoms with Crippen LogP contribution in [0.3, 0.4) is 0 Å². The Balaban J connectivity index is 2.00. The molecular formula is C18H18ClN5O2. The Hall–Kier alpha value is -2.72. The molecule has 0 spiro atoms. The molecule has 134 valence electrons. The van der Waals surface area contributed by atoms with E-state index in [0.717, 1.165) is 0 Å². The lowest BCUT2D eigenvalue weighted by molar-refractivity contribution is -0.125. The lowest BCUT2D eigenvalue weighted by Crippen LogP contribution is -2.52. The lowest BCUT2D eigenvalue weighted by Gasteiger charge is -2.44. The smallest absolute Gasteiger partial charge is 0.293 e. The number of allylic oxidation sites excluding steroid dienone is 1. The number of pyridine rings is 1. The molecule has 3 rings (SSSR count). The number of hydrogen-bond donors (Lipinski definition) is 0. The molecule has 0 saturated carbocycles. The summed E-state index contributed by atoms with van der Waals surface area (Å²) in [5, 5.41) is 14.0. The number of hydrogen-bond acceptors (Lipinski definition) is 5. The van der Waals surface area contributed by atoms with Crippen molar-refractivity contribution >= 4 is 28.9 Å². The highest BCUT2D eigenvalue weighted by Crippen LogP contribution is 2.40. The van der Waals surface area contributed by atoms with E-state index in [0.29, 0.717) is 17.1 Å². The van der Waals surface area contributed by atoms with Gasteiger partial charge in [-0.1, -0.05) is 25.4 Å². The number of carbonyl (C=O) groups excluding carboxylic acids is 2. The van der Waals surface area contributed by atoms with Gasteiger partial charge in [-0.15, -0.1) is 5.10 Å². The summed E-state index contributed by atoms with van der Waals surface area (Å²) >= 11 is 5.94. The van der Waals surface area contributed by atoms with Gasteiger partial charge in [-0.25, -0.2) is 9.50 Å². The minimum atomic E-state index is -0.811. The summed E-state index contributed by atoms with van der Waals surface area (Å²) in [7, 11) is 1.62. The Morgan fingerprint density at radius 3 is 2.77 bits per heavy atom. The zero-order chi connectivity index (χ0) is 19.3. The Labute approximate surface area is 155 Å². The Kier molecular flexibility index (Phi) is 4.12. The summed E-state index contributed by atoms with van der Waals surface area (Å²) in [5.74, 6) is -0.581. The number of aromatic nitrogens is 3. The van der Waals surface area contributed by atoms with Crippen molar-refractivity contribution < 1.29 is 9.59 Å². The van der Waals surface area contributed by atoms with Crippen molar-refractivity contribution in [3.05, 3.63) is 40.8 Å². The SMILES string of the molecule is CN(C(=O)c1nc2cc(Cl)ccn2n1)[C@@]1(C)C=C(C#N)C(=O)C(C)(C)C1. The van der Waals surface area contributed by atoms with Crippen LogP contribution in [0.25, 0.3) is 5.65 Å². The molecule has 2 aromatic rings. The molecule has 0 unspecified atom stereocenters. The van der Waals surface area contributed by atoms with Crippen LogP contribution >= 0.6 is 11.6 Å². The number of likely N-dealkylation sites (N-methyl/N-ethyl adjacent to an activating group) is 1. The van der Waals surface area contributed by atoms with Gasteiger partial charge >= 0.3 is 0 Å². The monoisotopic (exact) mass is 371 g/mol. The van der Waals surface area contributed by atoms with Gasteiger partial charge in [0.15, 0.2) is 11.4 Å². The first-order valence-corrected chi connectivity index (χ1v) is 8.43. The first kappa shape index (κ1) is 18.1. The molecule has 0 aromatic carbocycles. The number of halogens is 1. The second kappa shape index (κ2) is 5.92. The van der Waals surface area contributed by atoms with E-state index >= 15 is 0 Å². The van der Waals surface area contributed by atoms with Gasteiger partial charge in [-0.3, -0.25) is 9.59 Å². The number of carbonyl (C=O) groups is 2. The average molecular weight is 372 g/mol. The van der Waals surface area contributed by atoms with Gasteiger partial charge < -0.3 is 4.90 Å². The predicted octanol–water partition coefficient (Wildman–Crippen LogP) is 2.66. The van der Waals surface area contributed by atoms with Gasteiger partial charge in [0, 0.05) is 29.7 Å². The summed E-state index contributed by atoms with van der Waals surface area (Å²) in [6.07, 6.45) is 3.58. The molecule has 8 heteroatoms. The van der Waals surface area contributed by atoms with Gasteiger partial charge in [0.1, 0.15) is 6.07 Å². The molecule has 0 aliphatic heterocycles. The van der Waals surface area contributed by atoms with Crippen LogP contribution in [-0.2, 0) is 4.79 Å². The third kappa shape index (κ3) is 2.86. The van der Waals surface area contributed by atoms with E-state index in [1.807, 2.05) is 13.0 Å². The molecular weight excluding hydrogens is 354 g/mol. The van der Waals surface area contributed by atoms with Gasteiger partial charge in [-0.05, 0) is 25.5 Å². The molecule has 0 N–H and O–H groups in total. The Bertz CT molecular complexity index is 1000. The quantitative estimate of drug-likeness (QED) is 0.809. The molecule has 2 aromatic heterocycles. The fraction of sp³-hybridized carbons (Fsp3) is 0.389. The zero-order valence-corrected chi connectivity index (χ0v) is 15.7. The molecule has 2 heterocycles. The van der Waals surface area contributed by atoms with Crippen LogP contribution < -0.4 is 0 Å². The van der Waals surface area contributed by atoms with E-state index < -0.39 is 16.9 Å². The number of rotatable bonds is 2. The number of nitriles is 1. The number of Topliss-reactive ketones (excluding diaryl/α,β-unsaturated/α-hetero) is 1. The third-order valence-corrected chi connectivity index (χ3v) is 5.03. The van der Waals surface area contributed by atoms with Crippen molar-refractivity contribution in [3.8, 4) is 6.07 Å². The number of amides is 1. The molecule has 7 nitrogen and oxygen atoms in total. The van der Waals surface area contributed by atoms with Crippen LogP contribution in [0.5, 0.6) is 0 Å². The third-order valence-electron chi connectivity index (χ3n) is 4.80. The topological polar surface area (TPSA) is 91.4 Å². The number of fused-ring (bicyclic) bond motifs is 1. The van der Waals surface area contributed by atoms with E-state index in [1.54, 1.807) is 45.3 Å². The van der Waals surface area contributed by atoms with Crippen molar-refractivity contribution in [2.45, 2.75) is 32.7 Å². The van der Waals surface area contributed by atoms with Gasteiger partial charge in [0.25, 0.3) is 5.91 Å². The van der Waals surface area contributed by atoms with Crippen molar-refractivity contribution in [1.82, 2.24) is 19.5 Å². The van der Waals surface area contributed by atoms with E-state index in [2.05, 4.69) is 10.1 Å². The van der Waals surface area contributed by atoms with Crippen LogP contribution in [0.1, 0.15) is 37.8 Å². The fourth-order valence-corrected chi connectivity index (χ4v) is 3.55. The standard InChI is InChI=1S/C18H18ClN5O2/c1-17(2)10-18(3,8-11(9-20)14(17)25)23(4)16(26)15-21-13-7-12(19)5-6-24(13)22-15/h5-8H,10H2,1-4H3/t18-/m0/s1. The summed E-state index contributed by atoms with van der Waals surface area (Å²) in [4.78, 5) is 31.0. The summed E-state index contributed by atoms with van der Waals surface area (Å²) in [5.41, 5.74) is -1.03. The maximum Gasteiger partial charge on any atom is 0.293 e. The summed E-state index contributed by atoms with van der Waals surface area (Å²) in [6.45, 7) is 5.38. The summed E-state index contributed by atoms with van der Waals surface area (Å²) < 4.78 is 1.47. The largest absolute Gasteiger partial charge is 0.330 e. The van der Waals surface area contributed by atoms with Crippen LogP contribution in [-0.4, -0.2) is 43.8 Å². The normalized spacial score (nSPS) is 22.0. The average Bonchev–Trinajstić information content (AvgIpc) is 2.99. The minimum absolute atomic E-state index is 0.0256. The molecule has 0 saturated heterocycles. The molecule has 1 amide bonds. The maximum absolute atomic E-state index is 12.9. The fourth-order valence-electron chi connectivity index (χ4n) is 3.39. The molecule has 0 bridgehead atoms. The van der Waals surface area contributed by atoms with Crippen LogP contribution in [0.2, 0.25) is 5.02 Å². The van der Waals surface area contributed by atoms with E-state index in [-0.39, 0.29) is 17.2 Å². The van der Waals surface area contributed by atoms with Crippen molar-refractivity contribution in [1.29, 1.82) is 5.26 Å². The number of ketones is 1. The highest BCUT2D eigenvalue weighted by Gasteiger charge is 2.46. The second-order valence-electron chi connectivity index (χ2n) is 7.36. The second-order valence-corrected chi connectivity index (χ2v) is 7.80. The first-order chi connectivity index (χ1) is 12.1. The molecule has 26 heavy (non-hydrogen) atoms. The van der Waals surface area contributed by atoms with Gasteiger partial charge in [0.05, 0.1) is 11.1 Å². The Morgan fingerprint density at radius 1 is 1.42 bits per heavy atom. The molecule has 1 aliphatic rings. The lowest BCUT2D eigenvalue weighted by atomic mass is 9.68. The van der Waals surface area contributed by atoms with E-state index in [1.165, 1.54) is 9.42 Å². The molecule has 1 atom stereocenters. The van der Waals surface area contributed by atoms with Crippen LogP contribution in [0.15, 0.2) is 30.0 Å².